The van der Waals surface area contributed by atoms with Crippen molar-refractivity contribution in [2.24, 2.45) is 0 Å². The molecule has 0 aliphatic heterocycles. The van der Waals surface area contributed by atoms with E-state index in [0.29, 0.717) is 35.2 Å². The summed E-state index contributed by atoms with van der Waals surface area (Å²) >= 11 is 5.93. The number of halogens is 1. The average Bonchev–Trinajstić information content (AvgIpc) is 2.42. The van der Waals surface area contributed by atoms with Gasteiger partial charge in [0.1, 0.15) is 12.4 Å². The fraction of sp³-hybridized carbons (Fsp3) is 0.188. The Kier molecular flexibility index (Phi) is 5.06. The third-order valence-electron chi connectivity index (χ3n) is 2.82. The number of anilines is 1. The lowest BCUT2D eigenvalue weighted by atomic mass is 10.1. The molecule has 0 spiro atoms. The first-order chi connectivity index (χ1) is 10.0. The summed E-state index contributed by atoms with van der Waals surface area (Å²) in [5.41, 5.74) is 7.79. The van der Waals surface area contributed by atoms with E-state index in [4.69, 9.17) is 22.1 Å². The summed E-state index contributed by atoms with van der Waals surface area (Å²) in [5, 5.41) is 3.34. The largest absolute Gasteiger partial charge is 0.492 e. The number of amides is 1. The Balaban J connectivity index is 1.82. The van der Waals surface area contributed by atoms with Crippen LogP contribution in [0.4, 0.5) is 5.69 Å². The highest BCUT2D eigenvalue weighted by Crippen LogP contribution is 2.15. The van der Waals surface area contributed by atoms with Crippen LogP contribution in [0.3, 0.4) is 0 Å². The van der Waals surface area contributed by atoms with Gasteiger partial charge in [0, 0.05) is 22.3 Å². The third-order valence-corrected chi connectivity index (χ3v) is 3.04. The maximum Gasteiger partial charge on any atom is 0.251 e. The second-order valence-electron chi connectivity index (χ2n) is 4.69. The van der Waals surface area contributed by atoms with Gasteiger partial charge in [0.25, 0.3) is 5.91 Å². The van der Waals surface area contributed by atoms with Crippen molar-refractivity contribution in [2.45, 2.75) is 6.92 Å². The predicted molar refractivity (Wildman–Crippen MR) is 84.9 cm³/mol. The Bertz CT molecular complexity index is 624. The van der Waals surface area contributed by atoms with E-state index in [-0.39, 0.29) is 5.91 Å². The van der Waals surface area contributed by atoms with E-state index < -0.39 is 0 Å². The molecule has 4 nitrogen and oxygen atoms in total. The lowest BCUT2D eigenvalue weighted by Gasteiger charge is -2.09. The van der Waals surface area contributed by atoms with Crippen molar-refractivity contribution in [3.8, 4) is 5.75 Å². The van der Waals surface area contributed by atoms with Crippen LogP contribution in [0.2, 0.25) is 5.02 Å². The second kappa shape index (κ2) is 6.99. The van der Waals surface area contributed by atoms with Gasteiger partial charge in [-0.15, -0.1) is 0 Å². The van der Waals surface area contributed by atoms with Crippen LogP contribution < -0.4 is 15.8 Å². The molecule has 2 rings (SSSR count). The zero-order chi connectivity index (χ0) is 15.2. The van der Waals surface area contributed by atoms with Gasteiger partial charge in [0.15, 0.2) is 0 Å². The maximum atomic E-state index is 12.0. The Morgan fingerprint density at radius 2 is 2.10 bits per heavy atom. The summed E-state index contributed by atoms with van der Waals surface area (Å²) in [6.45, 7) is 2.67. The van der Waals surface area contributed by atoms with E-state index in [1.54, 1.807) is 30.3 Å². The zero-order valence-corrected chi connectivity index (χ0v) is 12.5. The number of nitrogens with one attached hydrogen (secondary N) is 1. The molecule has 0 radical (unpaired) electrons. The smallest absolute Gasteiger partial charge is 0.251 e. The molecule has 2 aromatic carbocycles. The van der Waals surface area contributed by atoms with Crippen LogP contribution in [0.15, 0.2) is 42.5 Å². The van der Waals surface area contributed by atoms with Crippen molar-refractivity contribution in [3.05, 3.63) is 58.6 Å². The van der Waals surface area contributed by atoms with Crippen LogP contribution in [0.1, 0.15) is 15.9 Å². The summed E-state index contributed by atoms with van der Waals surface area (Å²) in [6, 6.07) is 12.4. The van der Waals surface area contributed by atoms with Crippen molar-refractivity contribution >= 4 is 23.2 Å². The van der Waals surface area contributed by atoms with Gasteiger partial charge >= 0.3 is 0 Å². The average molecular weight is 305 g/mol. The maximum absolute atomic E-state index is 12.0. The van der Waals surface area contributed by atoms with Crippen LogP contribution in [0.5, 0.6) is 5.75 Å². The number of hydrogen-bond donors (Lipinski definition) is 2. The lowest BCUT2D eigenvalue weighted by Crippen LogP contribution is -2.28. The van der Waals surface area contributed by atoms with Crippen molar-refractivity contribution in [3.63, 3.8) is 0 Å². The van der Waals surface area contributed by atoms with Crippen LogP contribution in [-0.2, 0) is 0 Å². The Morgan fingerprint density at radius 1 is 1.29 bits per heavy atom. The monoisotopic (exact) mass is 304 g/mol. The molecule has 21 heavy (non-hydrogen) atoms. The molecule has 0 heterocycles. The molecule has 0 bridgehead atoms. The minimum absolute atomic E-state index is 0.170. The Morgan fingerprint density at radius 3 is 2.81 bits per heavy atom. The molecule has 5 heteroatoms. The molecule has 0 aromatic heterocycles. The molecule has 2 aromatic rings. The van der Waals surface area contributed by atoms with Crippen LogP contribution in [-0.4, -0.2) is 19.1 Å². The van der Waals surface area contributed by atoms with Crippen LogP contribution in [0.25, 0.3) is 0 Å². The van der Waals surface area contributed by atoms with Gasteiger partial charge in [-0.3, -0.25) is 4.79 Å². The molecule has 3 N–H and O–H groups in total. The fourth-order valence-electron chi connectivity index (χ4n) is 1.91. The van der Waals surface area contributed by atoms with E-state index in [0.717, 1.165) is 5.56 Å². The molecule has 110 valence electrons. The molecule has 0 fully saturated rings. The van der Waals surface area contributed by atoms with Gasteiger partial charge < -0.3 is 15.8 Å². The van der Waals surface area contributed by atoms with Crippen LogP contribution in [0, 0.1) is 6.92 Å². The predicted octanol–water partition coefficient (Wildman–Crippen LogP) is 3.04. The molecule has 0 saturated heterocycles. The van der Waals surface area contributed by atoms with Crippen molar-refractivity contribution in [2.75, 3.05) is 18.9 Å². The highest BCUT2D eigenvalue weighted by atomic mass is 35.5. The first kappa shape index (κ1) is 15.2. The third kappa shape index (κ3) is 4.68. The van der Waals surface area contributed by atoms with Crippen LogP contribution >= 0.6 is 11.6 Å². The first-order valence-electron chi connectivity index (χ1n) is 6.58. The molecule has 0 unspecified atom stereocenters. The zero-order valence-electron chi connectivity index (χ0n) is 11.7. The van der Waals surface area contributed by atoms with Gasteiger partial charge in [-0.05, 0) is 42.8 Å². The minimum atomic E-state index is -0.170. The number of benzene rings is 2. The first-order valence-corrected chi connectivity index (χ1v) is 6.96. The number of aryl methyl sites for hydroxylation is 1. The van der Waals surface area contributed by atoms with Gasteiger partial charge in [-0.1, -0.05) is 17.7 Å². The van der Waals surface area contributed by atoms with E-state index in [9.17, 15) is 4.79 Å². The minimum Gasteiger partial charge on any atom is -0.492 e. The standard InChI is InChI=1S/C16H17ClN2O2/c1-11-7-12(9-13(17)8-11)16(20)19-5-6-21-15-4-2-3-14(18)10-15/h2-4,7-10H,5-6,18H2,1H3,(H,19,20). The number of carbonyl (C=O) groups excluding carboxylic acids is 1. The van der Waals surface area contributed by atoms with E-state index in [1.807, 2.05) is 19.1 Å². The summed E-state index contributed by atoms with van der Waals surface area (Å²) in [7, 11) is 0. The Hall–Kier alpha value is -2.20. The lowest BCUT2D eigenvalue weighted by molar-refractivity contribution is 0.0947. The van der Waals surface area contributed by atoms with Crippen molar-refractivity contribution in [1.82, 2.24) is 5.32 Å². The molecular formula is C16H17ClN2O2. The van der Waals surface area contributed by atoms with Gasteiger partial charge in [0.2, 0.25) is 0 Å². The van der Waals surface area contributed by atoms with Crippen molar-refractivity contribution in [1.29, 1.82) is 0 Å². The van der Waals surface area contributed by atoms with Gasteiger partial charge in [-0.25, -0.2) is 0 Å². The second-order valence-corrected chi connectivity index (χ2v) is 5.13. The fourth-order valence-corrected chi connectivity index (χ4v) is 2.20. The van der Waals surface area contributed by atoms with Gasteiger partial charge in [-0.2, -0.15) is 0 Å². The molecule has 0 aliphatic carbocycles. The summed E-state index contributed by atoms with van der Waals surface area (Å²) in [5.74, 6) is 0.514. The SMILES string of the molecule is Cc1cc(Cl)cc(C(=O)NCCOc2cccc(N)c2)c1. The number of hydrogen-bond acceptors (Lipinski definition) is 3. The molecule has 0 atom stereocenters. The number of carbonyl (C=O) groups is 1. The highest BCUT2D eigenvalue weighted by molar-refractivity contribution is 6.31. The van der Waals surface area contributed by atoms with Gasteiger partial charge in [0.05, 0.1) is 6.54 Å². The van der Waals surface area contributed by atoms with Crippen molar-refractivity contribution < 1.29 is 9.53 Å². The molecular weight excluding hydrogens is 288 g/mol. The topological polar surface area (TPSA) is 64.3 Å². The summed E-state index contributed by atoms with van der Waals surface area (Å²) < 4.78 is 5.50. The van der Waals surface area contributed by atoms with E-state index in [2.05, 4.69) is 5.32 Å². The number of nitrogen functional groups attached to an aromatic ring is 1. The quantitative estimate of drug-likeness (QED) is 0.659. The Labute approximate surface area is 128 Å². The summed E-state index contributed by atoms with van der Waals surface area (Å²) in [6.07, 6.45) is 0. The summed E-state index contributed by atoms with van der Waals surface area (Å²) in [4.78, 5) is 12.0. The van der Waals surface area contributed by atoms with E-state index in [1.165, 1.54) is 0 Å². The normalized spacial score (nSPS) is 10.2. The van der Waals surface area contributed by atoms with E-state index >= 15 is 0 Å². The molecule has 0 aliphatic rings. The molecule has 1 amide bonds. The number of ether oxygens (including phenoxy) is 1. The number of nitrogens with two attached hydrogens (primary N) is 1. The number of rotatable bonds is 5. The highest BCUT2D eigenvalue weighted by Gasteiger charge is 2.06. The molecule has 0 saturated carbocycles.